The molecule has 4 heterocycles. The largest absolute Gasteiger partial charge is 0.508 e. The van der Waals surface area contributed by atoms with Gasteiger partial charge in [-0.1, -0.05) is 125 Å². The molecule has 0 spiro atoms. The molecule has 29 heteroatoms. The van der Waals surface area contributed by atoms with Gasteiger partial charge in [0.1, 0.15) is 86.8 Å². The van der Waals surface area contributed by atoms with E-state index in [4.69, 9.17) is 40.6 Å². The number of aromatic nitrogens is 12. The van der Waals surface area contributed by atoms with Gasteiger partial charge in [0.25, 0.3) is 12.3 Å². The first-order chi connectivity index (χ1) is 52.6. The average molecular weight is 1510 g/mol. The molecule has 0 aliphatic rings. The third-order valence-electron chi connectivity index (χ3n) is 15.2. The second-order valence-corrected chi connectivity index (χ2v) is 23.4. The van der Waals surface area contributed by atoms with Crippen LogP contribution in [-0.4, -0.2) is 64.6 Å². The van der Waals surface area contributed by atoms with Gasteiger partial charge in [-0.15, -0.1) is 50.1 Å². The number of nitrogens with one attached hydrogen (secondary N) is 1. The molecule has 107 heavy (non-hydrogen) atoms. The van der Waals surface area contributed by atoms with E-state index in [2.05, 4.69) is 120 Å². The molecule has 10 aromatic carbocycles. The molecule has 0 bridgehead atoms. The van der Waals surface area contributed by atoms with Crippen molar-refractivity contribution >= 4 is 51.0 Å². The van der Waals surface area contributed by atoms with E-state index in [-0.39, 0.29) is 5.75 Å². The summed E-state index contributed by atoms with van der Waals surface area (Å²) in [5.74, 6) is 7.29. The first kappa shape index (κ1) is 75.5. The Labute approximate surface area is 628 Å². The van der Waals surface area contributed by atoms with Crippen molar-refractivity contribution in [1.29, 1.82) is 21.0 Å². The molecule has 0 saturated carbocycles. The van der Waals surface area contributed by atoms with E-state index in [0.717, 1.165) is 61.8 Å². The van der Waals surface area contributed by atoms with Gasteiger partial charge < -0.3 is 18.8 Å². The monoisotopic (exact) mass is 1500 g/mol. The lowest BCUT2D eigenvalue weighted by atomic mass is 10.2. The van der Waals surface area contributed by atoms with Crippen LogP contribution in [0, 0.1) is 45.3 Å². The number of phenolic OH excluding ortho intramolecular Hbond substituents is 1. The molecule has 0 aliphatic heterocycles. The predicted octanol–water partition coefficient (Wildman–Crippen LogP) is 14.1. The molecule has 27 nitrogen and oxygen atoms in total. The topological polar surface area (TPSA) is 332 Å². The highest BCUT2D eigenvalue weighted by atomic mass is 79.9. The summed E-state index contributed by atoms with van der Waals surface area (Å²) in [5.41, 5.74) is 15.8. The maximum Gasteiger partial charge on any atom is 0.260 e. The number of hydrogen-bond donors (Lipinski definition) is 3. The van der Waals surface area contributed by atoms with Gasteiger partial charge in [0.05, 0.1) is 88.9 Å². The van der Waals surface area contributed by atoms with E-state index in [0.29, 0.717) is 73.2 Å². The fraction of sp³-hybridized carbons (Fsp3) is 0.0769. The molecule has 532 valence electrons. The number of aromatic hydroxyl groups is 1. The number of halogens is 1. The zero-order valence-electron chi connectivity index (χ0n) is 57.0. The minimum absolute atomic E-state index is 0.234. The number of nitrogens with two attached hydrogens (primary N) is 1. The first-order valence-corrected chi connectivity index (χ1v) is 34.2. The second-order valence-electron chi connectivity index (χ2n) is 22.4. The van der Waals surface area contributed by atoms with Gasteiger partial charge in [0, 0.05) is 5.33 Å². The van der Waals surface area contributed by atoms with Gasteiger partial charge in [-0.2, -0.15) is 26.9 Å². The van der Waals surface area contributed by atoms with Crippen LogP contribution >= 0.6 is 28.3 Å². The zero-order valence-corrected chi connectivity index (χ0v) is 59.4. The summed E-state index contributed by atoms with van der Waals surface area (Å²) in [6.07, 6.45) is 12.8. The Kier molecular flexibility index (Phi) is 29.0. The molecular weight excluding hydrogens is 1440 g/mol. The minimum Gasteiger partial charge on any atom is -0.508 e. The molecule has 0 saturated heterocycles. The third kappa shape index (κ3) is 24.2. The van der Waals surface area contributed by atoms with Gasteiger partial charge in [0.2, 0.25) is 0 Å². The van der Waals surface area contributed by atoms with Crippen molar-refractivity contribution in [3.63, 3.8) is 0 Å². The highest BCUT2D eigenvalue weighted by molar-refractivity contribution is 9.08. The van der Waals surface area contributed by atoms with Crippen LogP contribution in [0.5, 0.6) is 23.0 Å². The summed E-state index contributed by atoms with van der Waals surface area (Å²) in [7, 11) is 0. The molecule has 0 radical (unpaired) electrons. The molecule has 14 rings (SSSR count). The molecule has 0 aliphatic carbocycles. The molecule has 4 aromatic heterocycles. The Morgan fingerprint density at radius 3 is 1.04 bits per heavy atom. The van der Waals surface area contributed by atoms with E-state index < -0.39 is 0 Å². The van der Waals surface area contributed by atoms with E-state index in [9.17, 15) is 5.11 Å². The smallest absolute Gasteiger partial charge is 0.260 e. The number of ether oxygens (including phenoxy) is 2. The summed E-state index contributed by atoms with van der Waals surface area (Å²) in [5, 5.41) is 82.2. The van der Waals surface area contributed by atoms with Crippen molar-refractivity contribution in [2.45, 2.75) is 38.2 Å². The van der Waals surface area contributed by atoms with Crippen LogP contribution in [0.2, 0.25) is 0 Å². The molecule has 0 fully saturated rings. The number of alkyl halides is 1. The summed E-state index contributed by atoms with van der Waals surface area (Å²) < 4.78 is 28.1. The molecule has 0 amide bonds. The number of nitriles is 4. The van der Waals surface area contributed by atoms with Gasteiger partial charge >= 0.3 is 0 Å². The summed E-state index contributed by atoms with van der Waals surface area (Å²) in [6, 6.07) is 88.4. The van der Waals surface area contributed by atoms with Crippen LogP contribution in [0.1, 0.15) is 55.6 Å². The highest BCUT2D eigenvalue weighted by Crippen LogP contribution is 2.26. The average Bonchev–Trinajstić information content (AvgIpc) is 1.84. The third-order valence-corrected chi connectivity index (χ3v) is 16.2. The maximum atomic E-state index is 9.38. The minimum atomic E-state index is 0.234. The summed E-state index contributed by atoms with van der Waals surface area (Å²) >= 11 is 4.04. The Balaban J connectivity index is 0.000000146. The van der Waals surface area contributed by atoms with Crippen molar-refractivity contribution < 1.29 is 28.1 Å². The van der Waals surface area contributed by atoms with Crippen LogP contribution in [0.3, 0.4) is 0 Å². The van der Waals surface area contributed by atoms with Crippen molar-refractivity contribution in [1.82, 2.24) is 59.5 Å². The van der Waals surface area contributed by atoms with Crippen LogP contribution in [0.4, 0.5) is 22.7 Å². The van der Waals surface area contributed by atoms with E-state index in [1.807, 2.05) is 177 Å². The van der Waals surface area contributed by atoms with Crippen LogP contribution in [0.15, 0.2) is 305 Å². The lowest BCUT2D eigenvalue weighted by Gasteiger charge is -2.25. The quantitative estimate of drug-likeness (QED) is 0.0157. The van der Waals surface area contributed by atoms with Crippen molar-refractivity contribution in [3.8, 4) is 47.3 Å². The molecule has 14 aromatic rings. The molecule has 0 unspecified atom stereocenters. The summed E-state index contributed by atoms with van der Waals surface area (Å²) in [4.78, 5) is 3.94. The van der Waals surface area contributed by atoms with Crippen molar-refractivity contribution in [2.75, 3.05) is 20.5 Å². The van der Waals surface area contributed by atoms with Gasteiger partial charge in [-0.25, -0.2) is 18.7 Å². The van der Waals surface area contributed by atoms with Crippen LogP contribution < -0.4 is 40.0 Å². The zero-order chi connectivity index (χ0) is 74.5. The SMILES string of the molecule is BrCc1ccc(OCc2ccccc2)cc1.N#Cc1ccc(N(Cc2ccc(O)cc2)n2cnnc2)cc1.N#Cc1ccc(N(Cc2ccc(OCc3ccccc3)cc2)n2cnnc2)cc1.N#Cc1ccc(N(Cc2ccc(OSOON)cc2)n2cnnc2)cc1.N#Cc1ccc(Nn2cnnc2)cc1. The van der Waals surface area contributed by atoms with Crippen molar-refractivity contribution in [2.24, 2.45) is 5.90 Å². The molecule has 0 atom stereocenters. The normalized spacial score (nSPS) is 10.1. The van der Waals surface area contributed by atoms with Crippen LogP contribution in [-0.2, 0) is 47.5 Å². The number of phenols is 1. The first-order valence-electron chi connectivity index (χ1n) is 32.4. The Bertz CT molecular complexity index is 5020. The predicted molar refractivity (Wildman–Crippen MR) is 405 cm³/mol. The van der Waals surface area contributed by atoms with Crippen molar-refractivity contribution in [3.05, 3.63) is 361 Å². The maximum absolute atomic E-state index is 9.38. The Morgan fingerprint density at radius 2 is 0.701 bits per heavy atom. The molecule has 4 N–H and O–H groups in total. The Morgan fingerprint density at radius 1 is 0.383 bits per heavy atom. The lowest BCUT2D eigenvalue weighted by Crippen LogP contribution is -2.27. The Hall–Kier alpha value is -14.2. The van der Waals surface area contributed by atoms with E-state index in [1.165, 1.54) is 11.1 Å². The lowest BCUT2D eigenvalue weighted by molar-refractivity contribution is -0.199. The van der Waals surface area contributed by atoms with E-state index in [1.54, 1.807) is 137 Å². The van der Waals surface area contributed by atoms with Crippen LogP contribution in [0.25, 0.3) is 0 Å². The number of anilines is 4. The standard InChI is InChI=1S/C23H19N5O.C16H14N6O3S.C16H13N5O.C14H13BrO.C9H7N5/c24-14-19-6-10-22(11-7-19)28(27-17-25-26-18-27)15-20-8-12-23(13-9-20)29-16-21-4-2-1-3-5-21;17-9-13-1-5-15(6-2-13)22(21-11-19-20-12-21)10-14-3-7-16(8-4-14)23-26-25-24-18;17-9-13-1-5-15(6-2-13)21(20-11-18-19-12-20)10-14-3-7-16(22)8-4-14;15-10-12-6-8-14(9-7-12)16-11-13-4-2-1-3-5-13;10-5-8-1-3-9(4-2-8)13-14-6-11-12-7-14/h1-13,17-18H,15-16H2;1-8,11-12H,10,18H2;1-8,11-12,22H,10H2;1-9H,10-11H2;1-4,6-7,13H. The van der Waals surface area contributed by atoms with Gasteiger partial charge in [-0.3, -0.25) is 20.5 Å². The second kappa shape index (κ2) is 41.1. The number of nitrogens with zero attached hydrogens (tertiary/aromatic N) is 19. The fourth-order valence-electron chi connectivity index (χ4n) is 9.72. The van der Waals surface area contributed by atoms with E-state index >= 15 is 0 Å². The van der Waals surface area contributed by atoms with Gasteiger partial charge in [-0.05, 0) is 179 Å². The number of benzene rings is 10. The van der Waals surface area contributed by atoms with Gasteiger partial charge in [0.15, 0.2) is 0 Å². The molecular formula is C78H66BrN21O6S. The number of rotatable bonds is 25. The summed E-state index contributed by atoms with van der Waals surface area (Å²) in [6.45, 7) is 2.90. The number of hydrogen-bond acceptors (Lipinski definition) is 24. The fourth-order valence-corrected chi connectivity index (χ4v) is 10.3. The highest BCUT2D eigenvalue weighted by Gasteiger charge is 2.15.